The summed E-state index contributed by atoms with van der Waals surface area (Å²) in [6.45, 7) is 5.15. The molecule has 0 amide bonds. The zero-order chi connectivity index (χ0) is 13.7. The summed E-state index contributed by atoms with van der Waals surface area (Å²) < 4.78 is 5.87. The van der Waals surface area contributed by atoms with Crippen molar-refractivity contribution < 1.29 is 4.74 Å². The molecule has 0 aliphatic heterocycles. The van der Waals surface area contributed by atoms with Crippen molar-refractivity contribution in [1.82, 2.24) is 5.32 Å². The van der Waals surface area contributed by atoms with Crippen molar-refractivity contribution in [2.45, 2.75) is 82.9 Å². The molecule has 2 saturated carbocycles. The first-order valence-electron chi connectivity index (χ1n) is 8.00. The zero-order valence-corrected chi connectivity index (χ0v) is 12.5. The Hall–Kier alpha value is -0.590. The minimum absolute atomic E-state index is 0.251. The molecular weight excluding hydrogens is 236 g/mol. The molecule has 0 aromatic heterocycles. The molecule has 3 atom stereocenters. The highest BCUT2D eigenvalue weighted by molar-refractivity contribution is 5.16. The second kappa shape index (κ2) is 6.72. The summed E-state index contributed by atoms with van der Waals surface area (Å²) in [6, 6.07) is 3.21. The number of nitriles is 1. The minimum Gasteiger partial charge on any atom is -0.378 e. The van der Waals surface area contributed by atoms with Gasteiger partial charge in [-0.2, -0.15) is 5.26 Å². The molecule has 19 heavy (non-hydrogen) atoms. The fourth-order valence-electron chi connectivity index (χ4n) is 3.33. The van der Waals surface area contributed by atoms with E-state index in [1.165, 1.54) is 32.1 Å². The Bertz CT molecular complexity index is 321. The number of nitrogens with one attached hydrogen (secondary N) is 1. The monoisotopic (exact) mass is 264 g/mol. The summed E-state index contributed by atoms with van der Waals surface area (Å²) in [4.78, 5) is 0. The molecule has 0 aromatic rings. The van der Waals surface area contributed by atoms with E-state index in [9.17, 15) is 5.26 Å². The number of rotatable bonds is 8. The normalized spacial score (nSPS) is 32.2. The van der Waals surface area contributed by atoms with Crippen molar-refractivity contribution in [3.8, 4) is 6.07 Å². The molecule has 0 aromatic carbocycles. The van der Waals surface area contributed by atoms with Crippen molar-refractivity contribution in [3.05, 3.63) is 0 Å². The maximum Gasteiger partial charge on any atom is 0.109 e. The van der Waals surface area contributed by atoms with Crippen LogP contribution in [0.15, 0.2) is 0 Å². The van der Waals surface area contributed by atoms with Crippen LogP contribution in [-0.4, -0.2) is 24.3 Å². The molecule has 3 nitrogen and oxygen atoms in total. The molecule has 1 N–H and O–H groups in total. The first-order valence-corrected chi connectivity index (χ1v) is 8.00. The van der Waals surface area contributed by atoms with Gasteiger partial charge >= 0.3 is 0 Å². The highest BCUT2D eigenvalue weighted by Gasteiger charge is 2.45. The molecule has 2 aliphatic rings. The van der Waals surface area contributed by atoms with E-state index in [0.717, 1.165) is 25.9 Å². The van der Waals surface area contributed by atoms with Gasteiger partial charge in [0.05, 0.1) is 12.2 Å². The van der Waals surface area contributed by atoms with Gasteiger partial charge < -0.3 is 4.74 Å². The summed E-state index contributed by atoms with van der Waals surface area (Å²) in [5.74, 6) is 0.479. The van der Waals surface area contributed by atoms with Crippen LogP contribution in [0.1, 0.15) is 65.2 Å². The lowest BCUT2D eigenvalue weighted by Gasteiger charge is -2.30. The third-order valence-electron chi connectivity index (χ3n) is 4.62. The Morgan fingerprint density at radius 1 is 1.42 bits per heavy atom. The largest absolute Gasteiger partial charge is 0.378 e. The Morgan fingerprint density at radius 3 is 2.84 bits per heavy atom. The van der Waals surface area contributed by atoms with Gasteiger partial charge in [0.25, 0.3) is 0 Å². The Morgan fingerprint density at radius 2 is 2.21 bits per heavy atom. The van der Waals surface area contributed by atoms with Crippen molar-refractivity contribution in [2.75, 3.05) is 6.61 Å². The average molecular weight is 264 g/mol. The van der Waals surface area contributed by atoms with E-state index in [-0.39, 0.29) is 5.54 Å². The molecular formula is C16H28N2O. The summed E-state index contributed by atoms with van der Waals surface area (Å²) in [6.07, 6.45) is 9.59. The van der Waals surface area contributed by atoms with Gasteiger partial charge in [0, 0.05) is 12.6 Å². The molecule has 2 fully saturated rings. The number of ether oxygens (including phenoxy) is 1. The number of hydrogen-bond acceptors (Lipinski definition) is 3. The van der Waals surface area contributed by atoms with Gasteiger partial charge in [0.15, 0.2) is 0 Å². The van der Waals surface area contributed by atoms with Gasteiger partial charge in [-0.05, 0) is 51.4 Å². The molecule has 0 heterocycles. The van der Waals surface area contributed by atoms with Gasteiger partial charge in [-0.25, -0.2) is 0 Å². The highest BCUT2D eigenvalue weighted by Crippen LogP contribution is 2.40. The second-order valence-electron chi connectivity index (χ2n) is 6.35. The van der Waals surface area contributed by atoms with Crippen LogP contribution >= 0.6 is 0 Å². The predicted molar refractivity (Wildman–Crippen MR) is 76.8 cm³/mol. The van der Waals surface area contributed by atoms with E-state index in [0.29, 0.717) is 18.1 Å². The molecule has 0 spiro atoms. The molecule has 0 saturated heterocycles. The van der Waals surface area contributed by atoms with E-state index in [1.54, 1.807) is 0 Å². The van der Waals surface area contributed by atoms with Crippen LogP contribution in [-0.2, 0) is 4.74 Å². The lowest BCUT2D eigenvalue weighted by molar-refractivity contribution is 0.0464. The summed E-state index contributed by atoms with van der Waals surface area (Å²) in [5.41, 5.74) is -0.251. The molecule has 3 unspecified atom stereocenters. The van der Waals surface area contributed by atoms with Crippen LogP contribution in [0.2, 0.25) is 0 Å². The average Bonchev–Trinajstić information content (AvgIpc) is 3.11. The van der Waals surface area contributed by atoms with E-state index in [4.69, 9.17) is 4.74 Å². The van der Waals surface area contributed by atoms with Crippen LogP contribution in [0.25, 0.3) is 0 Å². The maximum absolute atomic E-state index is 9.60. The van der Waals surface area contributed by atoms with Gasteiger partial charge in [-0.3, -0.25) is 5.32 Å². The predicted octanol–water partition coefficient (Wildman–Crippen LogP) is 3.40. The third-order valence-corrected chi connectivity index (χ3v) is 4.62. The lowest BCUT2D eigenvalue weighted by Crippen LogP contribution is -2.48. The quantitative estimate of drug-likeness (QED) is 0.731. The van der Waals surface area contributed by atoms with Crippen molar-refractivity contribution in [1.29, 1.82) is 5.26 Å². The molecule has 108 valence electrons. The van der Waals surface area contributed by atoms with Crippen LogP contribution < -0.4 is 5.32 Å². The van der Waals surface area contributed by atoms with Crippen LogP contribution in [0.5, 0.6) is 0 Å². The molecule has 0 radical (unpaired) electrons. The standard InChI is InChI=1S/C16H28N2O/c1-3-5-13(2)19-11-9-14-6-4-10-16(14,12-17)18-15-7-8-15/h13-15,18H,3-11H2,1-2H3. The van der Waals surface area contributed by atoms with Crippen LogP contribution in [0.4, 0.5) is 0 Å². The van der Waals surface area contributed by atoms with Gasteiger partial charge in [0.1, 0.15) is 5.54 Å². The van der Waals surface area contributed by atoms with Crippen molar-refractivity contribution in [2.24, 2.45) is 5.92 Å². The van der Waals surface area contributed by atoms with E-state index in [1.807, 2.05) is 0 Å². The highest BCUT2D eigenvalue weighted by atomic mass is 16.5. The first-order chi connectivity index (χ1) is 9.20. The number of hydrogen-bond donors (Lipinski definition) is 1. The smallest absolute Gasteiger partial charge is 0.109 e. The Labute approximate surface area is 117 Å². The lowest BCUT2D eigenvalue weighted by atomic mass is 9.86. The van der Waals surface area contributed by atoms with Crippen molar-refractivity contribution in [3.63, 3.8) is 0 Å². The van der Waals surface area contributed by atoms with Crippen molar-refractivity contribution >= 4 is 0 Å². The Kier molecular flexibility index (Phi) is 5.24. The molecule has 2 rings (SSSR count). The maximum atomic E-state index is 9.60. The first kappa shape index (κ1) is 14.8. The van der Waals surface area contributed by atoms with Crippen LogP contribution in [0, 0.1) is 17.2 Å². The SMILES string of the molecule is CCCC(C)OCCC1CCCC1(C#N)NC1CC1. The van der Waals surface area contributed by atoms with E-state index in [2.05, 4.69) is 25.2 Å². The summed E-state index contributed by atoms with van der Waals surface area (Å²) >= 11 is 0. The fourth-order valence-corrected chi connectivity index (χ4v) is 3.33. The fraction of sp³-hybridized carbons (Fsp3) is 0.938. The summed E-state index contributed by atoms with van der Waals surface area (Å²) in [5, 5.41) is 13.2. The van der Waals surface area contributed by atoms with Crippen LogP contribution in [0.3, 0.4) is 0 Å². The zero-order valence-electron chi connectivity index (χ0n) is 12.5. The molecule has 3 heteroatoms. The van der Waals surface area contributed by atoms with Gasteiger partial charge in [-0.1, -0.05) is 19.8 Å². The third kappa shape index (κ3) is 3.94. The minimum atomic E-state index is -0.251. The molecule has 0 bridgehead atoms. The van der Waals surface area contributed by atoms with E-state index < -0.39 is 0 Å². The van der Waals surface area contributed by atoms with Gasteiger partial charge in [0.2, 0.25) is 0 Å². The second-order valence-corrected chi connectivity index (χ2v) is 6.35. The summed E-state index contributed by atoms with van der Waals surface area (Å²) in [7, 11) is 0. The number of nitrogens with zero attached hydrogens (tertiary/aromatic N) is 1. The topological polar surface area (TPSA) is 45.0 Å². The molecule has 2 aliphatic carbocycles. The van der Waals surface area contributed by atoms with Gasteiger partial charge in [-0.15, -0.1) is 0 Å². The Balaban J connectivity index is 1.79. The van der Waals surface area contributed by atoms with E-state index >= 15 is 0 Å².